The molecule has 0 spiro atoms. The van der Waals surface area contributed by atoms with E-state index in [9.17, 15) is 9.90 Å². The molecular weight excluding hydrogens is 272 g/mol. The highest BCUT2D eigenvalue weighted by atomic mass is 16.3. The van der Waals surface area contributed by atoms with Crippen molar-refractivity contribution in [1.82, 2.24) is 0 Å². The Morgan fingerprint density at radius 2 is 1.91 bits per heavy atom. The van der Waals surface area contributed by atoms with E-state index in [0.29, 0.717) is 36.4 Å². The second-order valence-electron chi connectivity index (χ2n) is 7.36. The Kier molecular flexibility index (Phi) is 6.19. The maximum absolute atomic E-state index is 12.7. The summed E-state index contributed by atoms with van der Waals surface area (Å²) in [4.78, 5) is 12.7. The van der Waals surface area contributed by atoms with Gasteiger partial charge in [0.15, 0.2) is 0 Å². The molecular formula is C20H30O2. The van der Waals surface area contributed by atoms with E-state index >= 15 is 0 Å². The van der Waals surface area contributed by atoms with Gasteiger partial charge in [0, 0.05) is 12.3 Å². The van der Waals surface area contributed by atoms with Gasteiger partial charge < -0.3 is 5.11 Å². The molecule has 0 aromatic heterocycles. The first-order chi connectivity index (χ1) is 10.5. The average Bonchev–Trinajstić information content (AvgIpc) is 2.52. The van der Waals surface area contributed by atoms with Crippen LogP contribution < -0.4 is 0 Å². The van der Waals surface area contributed by atoms with Crippen molar-refractivity contribution in [2.45, 2.75) is 59.0 Å². The first-order valence-corrected chi connectivity index (χ1v) is 8.74. The SMILES string of the molecule is CC(C)[C@@H]1CC[C@@H](C)C[C@H]1C(=O)CC[C@H](O)c1ccccc1. The third kappa shape index (κ3) is 4.42. The van der Waals surface area contributed by atoms with E-state index in [4.69, 9.17) is 0 Å². The van der Waals surface area contributed by atoms with Gasteiger partial charge in [0.25, 0.3) is 0 Å². The smallest absolute Gasteiger partial charge is 0.136 e. The topological polar surface area (TPSA) is 37.3 Å². The molecule has 1 N–H and O–H groups in total. The number of rotatable bonds is 6. The molecule has 1 aliphatic rings. The van der Waals surface area contributed by atoms with Crippen LogP contribution in [0.5, 0.6) is 0 Å². The van der Waals surface area contributed by atoms with Crippen LogP contribution in [0.2, 0.25) is 0 Å². The fourth-order valence-electron chi connectivity index (χ4n) is 3.88. The summed E-state index contributed by atoms with van der Waals surface area (Å²) in [6.07, 6.45) is 3.97. The molecule has 22 heavy (non-hydrogen) atoms. The Morgan fingerprint density at radius 3 is 2.55 bits per heavy atom. The van der Waals surface area contributed by atoms with Gasteiger partial charge in [0.2, 0.25) is 0 Å². The number of aliphatic hydroxyl groups excluding tert-OH is 1. The highest BCUT2D eigenvalue weighted by Crippen LogP contribution is 2.39. The van der Waals surface area contributed by atoms with Crippen LogP contribution in [-0.2, 0) is 4.79 Å². The van der Waals surface area contributed by atoms with Gasteiger partial charge in [-0.05, 0) is 42.6 Å². The fourth-order valence-corrected chi connectivity index (χ4v) is 3.88. The van der Waals surface area contributed by atoms with Crippen molar-refractivity contribution in [3.8, 4) is 0 Å². The van der Waals surface area contributed by atoms with Crippen molar-refractivity contribution in [3.05, 3.63) is 35.9 Å². The van der Waals surface area contributed by atoms with Crippen LogP contribution in [0, 0.1) is 23.7 Å². The molecule has 4 atom stereocenters. The summed E-state index contributed by atoms with van der Waals surface area (Å²) in [6, 6.07) is 9.65. The molecule has 2 nitrogen and oxygen atoms in total. The van der Waals surface area contributed by atoms with Gasteiger partial charge >= 0.3 is 0 Å². The van der Waals surface area contributed by atoms with Crippen molar-refractivity contribution in [3.63, 3.8) is 0 Å². The number of Topliss-reactive ketones (excluding diaryl/α,β-unsaturated/α-hetero) is 1. The lowest BCUT2D eigenvalue weighted by molar-refractivity contribution is -0.127. The zero-order valence-corrected chi connectivity index (χ0v) is 14.2. The normalized spacial score (nSPS) is 26.9. The lowest BCUT2D eigenvalue weighted by Gasteiger charge is -2.36. The molecule has 0 radical (unpaired) electrons. The molecule has 0 unspecified atom stereocenters. The van der Waals surface area contributed by atoms with Gasteiger partial charge in [0.05, 0.1) is 6.10 Å². The van der Waals surface area contributed by atoms with Crippen molar-refractivity contribution < 1.29 is 9.90 Å². The lowest BCUT2D eigenvalue weighted by atomic mass is 9.68. The fraction of sp³-hybridized carbons (Fsp3) is 0.650. The minimum atomic E-state index is -0.524. The summed E-state index contributed by atoms with van der Waals surface area (Å²) in [6.45, 7) is 6.73. The van der Waals surface area contributed by atoms with Crippen LogP contribution in [-0.4, -0.2) is 10.9 Å². The van der Waals surface area contributed by atoms with Gasteiger partial charge in [-0.15, -0.1) is 0 Å². The van der Waals surface area contributed by atoms with Crippen LogP contribution >= 0.6 is 0 Å². The number of hydrogen-bond donors (Lipinski definition) is 1. The van der Waals surface area contributed by atoms with Crippen molar-refractivity contribution in [1.29, 1.82) is 0 Å². The maximum Gasteiger partial charge on any atom is 0.136 e. The molecule has 2 rings (SSSR count). The Bertz CT molecular complexity index is 466. The zero-order chi connectivity index (χ0) is 16.1. The first-order valence-electron chi connectivity index (χ1n) is 8.74. The largest absolute Gasteiger partial charge is 0.388 e. The molecule has 0 heterocycles. The first kappa shape index (κ1) is 17.2. The molecule has 122 valence electrons. The highest BCUT2D eigenvalue weighted by molar-refractivity contribution is 5.81. The lowest BCUT2D eigenvalue weighted by Crippen LogP contribution is -2.33. The monoisotopic (exact) mass is 302 g/mol. The second kappa shape index (κ2) is 7.92. The van der Waals surface area contributed by atoms with Crippen LogP contribution in [0.4, 0.5) is 0 Å². The van der Waals surface area contributed by atoms with Crippen LogP contribution in [0.3, 0.4) is 0 Å². The molecule has 0 saturated heterocycles. The van der Waals surface area contributed by atoms with E-state index < -0.39 is 6.10 Å². The van der Waals surface area contributed by atoms with Gasteiger partial charge in [-0.3, -0.25) is 4.79 Å². The summed E-state index contributed by atoms with van der Waals surface area (Å²) in [5.41, 5.74) is 0.910. The summed E-state index contributed by atoms with van der Waals surface area (Å²) in [5, 5.41) is 10.2. The molecule has 1 saturated carbocycles. The molecule has 1 aromatic carbocycles. The van der Waals surface area contributed by atoms with Crippen LogP contribution in [0.25, 0.3) is 0 Å². The predicted octanol–water partition coefficient (Wildman–Crippen LogP) is 4.78. The van der Waals surface area contributed by atoms with E-state index in [2.05, 4.69) is 20.8 Å². The Hall–Kier alpha value is -1.15. The quantitative estimate of drug-likeness (QED) is 0.821. The minimum absolute atomic E-state index is 0.201. The van der Waals surface area contributed by atoms with E-state index in [1.54, 1.807) is 0 Å². The van der Waals surface area contributed by atoms with Crippen LogP contribution in [0.15, 0.2) is 30.3 Å². The molecule has 1 aliphatic carbocycles. The Balaban J connectivity index is 1.92. The Morgan fingerprint density at radius 1 is 1.23 bits per heavy atom. The number of carbonyl (C=O) groups excluding carboxylic acids is 1. The molecule has 1 aromatic rings. The zero-order valence-electron chi connectivity index (χ0n) is 14.2. The summed E-state index contributed by atoms with van der Waals surface area (Å²) < 4.78 is 0. The number of benzene rings is 1. The third-order valence-electron chi connectivity index (χ3n) is 5.28. The third-order valence-corrected chi connectivity index (χ3v) is 5.28. The summed E-state index contributed by atoms with van der Waals surface area (Å²) in [5.74, 6) is 2.31. The molecule has 0 amide bonds. The van der Waals surface area contributed by atoms with Crippen molar-refractivity contribution in [2.75, 3.05) is 0 Å². The van der Waals surface area contributed by atoms with Gasteiger partial charge in [-0.2, -0.15) is 0 Å². The number of ketones is 1. The van der Waals surface area contributed by atoms with Crippen LogP contribution in [0.1, 0.15) is 64.5 Å². The second-order valence-corrected chi connectivity index (χ2v) is 7.36. The van der Waals surface area contributed by atoms with E-state index in [0.717, 1.165) is 12.0 Å². The van der Waals surface area contributed by atoms with Gasteiger partial charge in [0.1, 0.15) is 5.78 Å². The Labute approximate surface area is 134 Å². The maximum atomic E-state index is 12.7. The minimum Gasteiger partial charge on any atom is -0.388 e. The standard InChI is InChI=1S/C20H30O2/c1-14(2)17-10-9-15(3)13-18(17)20(22)12-11-19(21)16-7-5-4-6-8-16/h4-8,14-15,17-19,21H,9-13H2,1-3H3/t15-,17+,18-,19+/m1/s1. The predicted molar refractivity (Wildman–Crippen MR) is 90.5 cm³/mol. The highest BCUT2D eigenvalue weighted by Gasteiger charge is 2.34. The molecule has 2 heteroatoms. The average molecular weight is 302 g/mol. The molecule has 0 aliphatic heterocycles. The number of aliphatic hydroxyl groups is 1. The number of carbonyl (C=O) groups is 1. The van der Waals surface area contributed by atoms with Crippen molar-refractivity contribution in [2.24, 2.45) is 23.7 Å². The van der Waals surface area contributed by atoms with Gasteiger partial charge in [-0.25, -0.2) is 0 Å². The molecule has 1 fully saturated rings. The molecule has 0 bridgehead atoms. The summed E-state index contributed by atoms with van der Waals surface area (Å²) >= 11 is 0. The number of hydrogen-bond acceptors (Lipinski definition) is 2. The van der Waals surface area contributed by atoms with E-state index in [1.165, 1.54) is 12.8 Å². The van der Waals surface area contributed by atoms with E-state index in [1.807, 2.05) is 30.3 Å². The van der Waals surface area contributed by atoms with Gasteiger partial charge in [-0.1, -0.05) is 57.5 Å². The summed E-state index contributed by atoms with van der Waals surface area (Å²) in [7, 11) is 0. The van der Waals surface area contributed by atoms with Crippen molar-refractivity contribution >= 4 is 5.78 Å². The van der Waals surface area contributed by atoms with E-state index in [-0.39, 0.29) is 5.92 Å².